The molecule has 0 N–H and O–H groups in total. The highest BCUT2D eigenvalue weighted by Crippen LogP contribution is 2.27. The fourth-order valence-electron chi connectivity index (χ4n) is 1.95. The number of piperazine rings is 1. The number of rotatable bonds is 3. The molecule has 1 aliphatic rings. The lowest BCUT2D eigenvalue weighted by atomic mass is 10.3. The molecular formula is C11H17F3N4. The Hall–Kier alpha value is -1.08. The van der Waals surface area contributed by atoms with E-state index in [4.69, 9.17) is 0 Å². The molecule has 0 amide bonds. The largest absolute Gasteiger partial charge is 0.435 e. The molecule has 7 heteroatoms. The Kier molecular flexibility index (Phi) is 3.91. The van der Waals surface area contributed by atoms with E-state index in [1.54, 1.807) is 0 Å². The molecule has 0 spiro atoms. The average molecular weight is 262 g/mol. The van der Waals surface area contributed by atoms with Crippen molar-refractivity contribution in [2.75, 3.05) is 39.8 Å². The summed E-state index contributed by atoms with van der Waals surface area (Å²) in [5.41, 5.74) is -0.819. The van der Waals surface area contributed by atoms with Crippen LogP contribution in [-0.4, -0.2) is 59.4 Å². The molecule has 1 saturated heterocycles. The smallest absolute Gasteiger partial charge is 0.304 e. The van der Waals surface area contributed by atoms with Crippen molar-refractivity contribution in [3.05, 3.63) is 18.0 Å². The van der Waals surface area contributed by atoms with Crippen molar-refractivity contribution in [2.24, 2.45) is 0 Å². The lowest BCUT2D eigenvalue weighted by Gasteiger charge is -2.32. The van der Waals surface area contributed by atoms with Crippen LogP contribution in [0.25, 0.3) is 0 Å². The first kappa shape index (κ1) is 13.4. The van der Waals surface area contributed by atoms with Crippen molar-refractivity contribution >= 4 is 0 Å². The second-order valence-corrected chi connectivity index (χ2v) is 4.61. The van der Waals surface area contributed by atoms with Gasteiger partial charge in [-0.15, -0.1) is 0 Å². The van der Waals surface area contributed by atoms with E-state index in [-0.39, 0.29) is 0 Å². The zero-order chi connectivity index (χ0) is 13.2. The van der Waals surface area contributed by atoms with Crippen molar-refractivity contribution in [3.63, 3.8) is 0 Å². The van der Waals surface area contributed by atoms with Crippen molar-refractivity contribution in [3.8, 4) is 0 Å². The Balaban J connectivity index is 1.82. The molecule has 18 heavy (non-hydrogen) atoms. The predicted molar refractivity (Wildman–Crippen MR) is 61.2 cm³/mol. The number of halogens is 3. The Bertz CT molecular complexity index is 380. The Morgan fingerprint density at radius 2 is 1.83 bits per heavy atom. The van der Waals surface area contributed by atoms with E-state index in [0.717, 1.165) is 38.8 Å². The lowest BCUT2D eigenvalue weighted by Crippen LogP contribution is -2.45. The quantitative estimate of drug-likeness (QED) is 0.816. The molecule has 2 heterocycles. The van der Waals surface area contributed by atoms with Gasteiger partial charge >= 0.3 is 6.18 Å². The molecule has 1 aromatic rings. The maximum atomic E-state index is 12.3. The minimum Gasteiger partial charge on any atom is -0.304 e. The molecule has 0 radical (unpaired) electrons. The van der Waals surface area contributed by atoms with Gasteiger partial charge in [-0.1, -0.05) is 0 Å². The van der Waals surface area contributed by atoms with Gasteiger partial charge in [0.05, 0.1) is 6.54 Å². The highest BCUT2D eigenvalue weighted by molar-refractivity contribution is 5.03. The summed E-state index contributed by atoms with van der Waals surface area (Å²) in [6, 6.07) is 1.02. The molecule has 0 unspecified atom stereocenters. The lowest BCUT2D eigenvalue weighted by molar-refractivity contribution is -0.141. The summed E-state index contributed by atoms with van der Waals surface area (Å²) in [4.78, 5) is 4.49. The maximum absolute atomic E-state index is 12.3. The van der Waals surface area contributed by atoms with Crippen LogP contribution in [0.3, 0.4) is 0 Å². The van der Waals surface area contributed by atoms with Crippen molar-refractivity contribution in [2.45, 2.75) is 12.7 Å². The molecule has 1 aromatic heterocycles. The minimum absolute atomic E-state index is 0.500. The molecule has 0 bridgehead atoms. The number of aromatic nitrogens is 2. The van der Waals surface area contributed by atoms with Gasteiger partial charge in [-0.3, -0.25) is 9.58 Å². The van der Waals surface area contributed by atoms with E-state index >= 15 is 0 Å². The molecule has 4 nitrogen and oxygen atoms in total. The second-order valence-electron chi connectivity index (χ2n) is 4.61. The number of alkyl halides is 3. The fraction of sp³-hybridized carbons (Fsp3) is 0.727. The molecule has 1 fully saturated rings. The van der Waals surface area contributed by atoms with E-state index in [0.29, 0.717) is 6.54 Å². The van der Waals surface area contributed by atoms with E-state index in [2.05, 4.69) is 21.9 Å². The summed E-state index contributed by atoms with van der Waals surface area (Å²) < 4.78 is 38.4. The van der Waals surface area contributed by atoms with Gasteiger partial charge in [0.25, 0.3) is 0 Å². The van der Waals surface area contributed by atoms with Gasteiger partial charge in [0.1, 0.15) is 0 Å². The predicted octanol–water partition coefficient (Wildman–Crippen LogP) is 1.15. The SMILES string of the molecule is CN1CCN(CCn2ccc(C(F)(F)F)n2)CC1. The summed E-state index contributed by atoms with van der Waals surface area (Å²) in [7, 11) is 2.07. The maximum Gasteiger partial charge on any atom is 0.435 e. The highest BCUT2D eigenvalue weighted by Gasteiger charge is 2.33. The van der Waals surface area contributed by atoms with Crippen LogP contribution in [0.5, 0.6) is 0 Å². The van der Waals surface area contributed by atoms with E-state index < -0.39 is 11.9 Å². The van der Waals surface area contributed by atoms with Gasteiger partial charge in [0.2, 0.25) is 0 Å². The van der Waals surface area contributed by atoms with Crippen LogP contribution in [0.15, 0.2) is 12.3 Å². The number of hydrogen-bond acceptors (Lipinski definition) is 3. The third-order valence-electron chi connectivity index (χ3n) is 3.17. The highest BCUT2D eigenvalue weighted by atomic mass is 19.4. The molecule has 0 atom stereocenters. The van der Waals surface area contributed by atoms with E-state index in [9.17, 15) is 13.2 Å². The van der Waals surface area contributed by atoms with E-state index in [1.165, 1.54) is 10.9 Å². The number of nitrogens with zero attached hydrogens (tertiary/aromatic N) is 4. The van der Waals surface area contributed by atoms with Crippen LogP contribution >= 0.6 is 0 Å². The first-order chi connectivity index (χ1) is 8.45. The zero-order valence-electron chi connectivity index (χ0n) is 10.3. The summed E-state index contributed by atoms with van der Waals surface area (Å²) in [6.07, 6.45) is -2.96. The second kappa shape index (κ2) is 5.27. The molecule has 0 aliphatic carbocycles. The zero-order valence-corrected chi connectivity index (χ0v) is 10.3. The molecule has 0 saturated carbocycles. The molecule has 1 aliphatic heterocycles. The van der Waals surface area contributed by atoms with Crippen molar-refractivity contribution in [1.29, 1.82) is 0 Å². The topological polar surface area (TPSA) is 24.3 Å². The van der Waals surface area contributed by atoms with Crippen LogP contribution in [-0.2, 0) is 12.7 Å². The van der Waals surface area contributed by atoms with Gasteiger partial charge in [-0.25, -0.2) is 0 Å². The molecule has 102 valence electrons. The van der Waals surface area contributed by atoms with Crippen molar-refractivity contribution < 1.29 is 13.2 Å². The van der Waals surface area contributed by atoms with E-state index in [1.807, 2.05) is 0 Å². The Labute approximate surface area is 104 Å². The first-order valence-electron chi connectivity index (χ1n) is 5.97. The van der Waals surface area contributed by atoms with Crippen molar-refractivity contribution in [1.82, 2.24) is 19.6 Å². The third kappa shape index (κ3) is 3.46. The van der Waals surface area contributed by atoms with Crippen LogP contribution in [0.2, 0.25) is 0 Å². The summed E-state index contributed by atoms with van der Waals surface area (Å²) in [6.45, 7) is 5.18. The Morgan fingerprint density at radius 1 is 1.17 bits per heavy atom. The fourth-order valence-corrected chi connectivity index (χ4v) is 1.95. The molecule has 2 rings (SSSR count). The standard InChI is InChI=1S/C11H17F3N4/c1-16-4-6-17(7-5-16)8-9-18-3-2-10(15-18)11(12,13)14/h2-3H,4-9H2,1H3. The monoisotopic (exact) mass is 262 g/mol. The molecular weight excluding hydrogens is 245 g/mol. The number of hydrogen-bond donors (Lipinski definition) is 0. The summed E-state index contributed by atoms with van der Waals surface area (Å²) in [5.74, 6) is 0. The van der Waals surface area contributed by atoms with Crippen LogP contribution in [0, 0.1) is 0 Å². The van der Waals surface area contributed by atoms with Gasteiger partial charge in [0, 0.05) is 38.9 Å². The van der Waals surface area contributed by atoms with Crippen LogP contribution < -0.4 is 0 Å². The van der Waals surface area contributed by atoms with Gasteiger partial charge in [-0.05, 0) is 13.1 Å². The Morgan fingerprint density at radius 3 is 2.39 bits per heavy atom. The van der Waals surface area contributed by atoms with Gasteiger partial charge in [0.15, 0.2) is 5.69 Å². The summed E-state index contributed by atoms with van der Waals surface area (Å²) >= 11 is 0. The number of likely N-dealkylation sites (N-methyl/N-ethyl adjacent to an activating group) is 1. The molecule has 0 aromatic carbocycles. The summed E-state index contributed by atoms with van der Waals surface area (Å²) in [5, 5.41) is 3.54. The average Bonchev–Trinajstić information content (AvgIpc) is 2.77. The van der Waals surface area contributed by atoms with Crippen LogP contribution in [0.1, 0.15) is 5.69 Å². The van der Waals surface area contributed by atoms with Crippen LogP contribution in [0.4, 0.5) is 13.2 Å². The minimum atomic E-state index is -4.35. The van der Waals surface area contributed by atoms with Gasteiger partial charge in [-0.2, -0.15) is 18.3 Å². The van der Waals surface area contributed by atoms with Gasteiger partial charge < -0.3 is 4.90 Å². The first-order valence-corrected chi connectivity index (χ1v) is 5.97. The third-order valence-corrected chi connectivity index (χ3v) is 3.17. The normalized spacial score (nSPS) is 19.3.